The van der Waals surface area contributed by atoms with Crippen molar-refractivity contribution in [2.45, 2.75) is 32.7 Å². The molecule has 0 fully saturated rings. The molecule has 1 aromatic rings. The summed E-state index contributed by atoms with van der Waals surface area (Å²) in [6, 6.07) is 5.39. The van der Waals surface area contributed by atoms with E-state index in [1.807, 2.05) is 19.9 Å². The number of nitrogens with zero attached hydrogens (tertiary/aromatic N) is 1. The topological polar surface area (TPSA) is 76.4 Å². The Morgan fingerprint density at radius 1 is 1.40 bits per heavy atom. The Balaban J connectivity index is 2.91. The maximum atomic E-state index is 11.3. The van der Waals surface area contributed by atoms with Crippen LogP contribution in [-0.4, -0.2) is 31.2 Å². The molecule has 0 aliphatic carbocycles. The average Bonchev–Trinajstić information content (AvgIpc) is 2.42. The molecule has 1 atom stereocenters. The van der Waals surface area contributed by atoms with Crippen LogP contribution in [0.5, 0.6) is 0 Å². The molecule has 0 saturated heterocycles. The van der Waals surface area contributed by atoms with E-state index in [1.165, 1.54) is 0 Å². The van der Waals surface area contributed by atoms with Gasteiger partial charge in [-0.15, -0.1) is 0 Å². The van der Waals surface area contributed by atoms with E-state index in [1.54, 1.807) is 19.2 Å². The van der Waals surface area contributed by atoms with Crippen LogP contribution in [0.3, 0.4) is 0 Å². The molecule has 0 bridgehead atoms. The van der Waals surface area contributed by atoms with Gasteiger partial charge in [-0.2, -0.15) is 0 Å². The first-order chi connectivity index (χ1) is 9.60. The second kappa shape index (κ2) is 8.37. The molecule has 1 aromatic carbocycles. The number of nitro benzene ring substituents is 1. The highest BCUT2D eigenvalue weighted by atomic mass is 16.6. The van der Waals surface area contributed by atoms with E-state index in [2.05, 4.69) is 10.6 Å². The highest BCUT2D eigenvalue weighted by Crippen LogP contribution is 2.33. The van der Waals surface area contributed by atoms with Gasteiger partial charge in [-0.3, -0.25) is 10.1 Å². The zero-order chi connectivity index (χ0) is 15.0. The van der Waals surface area contributed by atoms with E-state index < -0.39 is 0 Å². The molecular weight excluding hydrogens is 258 g/mol. The molecule has 112 valence electrons. The minimum Gasteiger partial charge on any atom is -0.385 e. The van der Waals surface area contributed by atoms with Crippen LogP contribution in [0.4, 0.5) is 17.1 Å². The molecule has 20 heavy (non-hydrogen) atoms. The van der Waals surface area contributed by atoms with Crippen molar-refractivity contribution in [2.75, 3.05) is 30.9 Å². The number of nitrogens with one attached hydrogen (secondary N) is 2. The summed E-state index contributed by atoms with van der Waals surface area (Å²) in [7, 11) is 1.64. The number of benzene rings is 1. The SMILES string of the molecule is CCCNc1cccc(NC(C)CCOC)c1[N+](=O)[O-]. The van der Waals surface area contributed by atoms with Gasteiger partial charge >= 0.3 is 5.69 Å². The maximum Gasteiger partial charge on any atom is 0.315 e. The molecule has 0 heterocycles. The molecule has 0 spiro atoms. The number of methoxy groups -OCH3 is 1. The fraction of sp³-hybridized carbons (Fsp3) is 0.571. The molecular formula is C14H23N3O3. The average molecular weight is 281 g/mol. The van der Waals surface area contributed by atoms with Gasteiger partial charge in [-0.1, -0.05) is 13.0 Å². The fourth-order valence-corrected chi connectivity index (χ4v) is 1.89. The van der Waals surface area contributed by atoms with Crippen LogP contribution in [0.25, 0.3) is 0 Å². The first kappa shape index (κ1) is 16.2. The molecule has 6 heteroatoms. The van der Waals surface area contributed by atoms with Crippen molar-refractivity contribution in [1.82, 2.24) is 0 Å². The predicted molar refractivity (Wildman–Crippen MR) is 81.5 cm³/mol. The minimum absolute atomic E-state index is 0.102. The van der Waals surface area contributed by atoms with Gasteiger partial charge in [0.25, 0.3) is 0 Å². The zero-order valence-corrected chi connectivity index (χ0v) is 12.3. The third-order valence-corrected chi connectivity index (χ3v) is 2.94. The van der Waals surface area contributed by atoms with Crippen LogP contribution in [-0.2, 0) is 4.74 Å². The van der Waals surface area contributed by atoms with Gasteiger partial charge in [0.05, 0.1) is 4.92 Å². The second-order valence-corrected chi connectivity index (χ2v) is 4.71. The molecule has 1 rings (SSSR count). The van der Waals surface area contributed by atoms with Crippen molar-refractivity contribution in [2.24, 2.45) is 0 Å². The number of hydrogen-bond donors (Lipinski definition) is 2. The molecule has 6 nitrogen and oxygen atoms in total. The summed E-state index contributed by atoms with van der Waals surface area (Å²) in [6.45, 7) is 5.34. The van der Waals surface area contributed by atoms with E-state index in [-0.39, 0.29) is 16.7 Å². The van der Waals surface area contributed by atoms with Crippen LogP contribution >= 0.6 is 0 Å². The normalized spacial score (nSPS) is 11.9. The van der Waals surface area contributed by atoms with E-state index in [0.29, 0.717) is 24.5 Å². The van der Waals surface area contributed by atoms with Gasteiger partial charge in [0.15, 0.2) is 0 Å². The summed E-state index contributed by atoms with van der Waals surface area (Å²) >= 11 is 0. The number of hydrogen-bond acceptors (Lipinski definition) is 5. The molecule has 0 aliphatic rings. The number of anilines is 2. The minimum atomic E-state index is -0.344. The Morgan fingerprint density at radius 2 is 2.10 bits per heavy atom. The third-order valence-electron chi connectivity index (χ3n) is 2.94. The van der Waals surface area contributed by atoms with Gasteiger partial charge in [0.2, 0.25) is 0 Å². The summed E-state index contributed by atoms with van der Waals surface area (Å²) in [6.07, 6.45) is 1.71. The Bertz CT molecular complexity index is 438. The summed E-state index contributed by atoms with van der Waals surface area (Å²) < 4.78 is 5.02. The molecule has 0 aliphatic heterocycles. The molecule has 0 aromatic heterocycles. The molecule has 1 unspecified atom stereocenters. The molecule has 0 amide bonds. The Labute approximate surface area is 119 Å². The van der Waals surface area contributed by atoms with Crippen molar-refractivity contribution in [3.05, 3.63) is 28.3 Å². The Kier molecular flexibility index (Phi) is 6.79. The number of nitro groups is 1. The fourth-order valence-electron chi connectivity index (χ4n) is 1.89. The van der Waals surface area contributed by atoms with Gasteiger partial charge < -0.3 is 15.4 Å². The van der Waals surface area contributed by atoms with Crippen molar-refractivity contribution >= 4 is 17.1 Å². The summed E-state index contributed by atoms with van der Waals surface area (Å²) in [4.78, 5) is 11.0. The maximum absolute atomic E-state index is 11.3. The molecule has 2 N–H and O–H groups in total. The lowest BCUT2D eigenvalue weighted by Crippen LogP contribution is -2.18. The number of para-hydroxylation sites is 1. The van der Waals surface area contributed by atoms with Gasteiger partial charge in [0, 0.05) is 26.3 Å². The van der Waals surface area contributed by atoms with Crippen LogP contribution in [0, 0.1) is 10.1 Å². The predicted octanol–water partition coefficient (Wildman–Crippen LogP) is 3.25. The van der Waals surface area contributed by atoms with E-state index >= 15 is 0 Å². The monoisotopic (exact) mass is 281 g/mol. The van der Waals surface area contributed by atoms with Crippen molar-refractivity contribution in [3.63, 3.8) is 0 Å². The number of ether oxygens (including phenoxy) is 1. The highest BCUT2D eigenvalue weighted by molar-refractivity contribution is 5.76. The first-order valence-electron chi connectivity index (χ1n) is 6.86. The summed E-state index contributed by atoms with van der Waals surface area (Å²) in [5, 5.41) is 17.6. The van der Waals surface area contributed by atoms with Crippen LogP contribution in [0.15, 0.2) is 18.2 Å². The third kappa shape index (κ3) is 4.70. The van der Waals surface area contributed by atoms with E-state index in [9.17, 15) is 10.1 Å². The van der Waals surface area contributed by atoms with Crippen molar-refractivity contribution in [1.29, 1.82) is 0 Å². The lowest BCUT2D eigenvalue weighted by molar-refractivity contribution is -0.383. The lowest BCUT2D eigenvalue weighted by Gasteiger charge is -2.16. The standard InChI is InChI=1S/C14H23N3O3/c1-4-9-15-12-6-5-7-13(14(12)17(18)19)16-11(2)8-10-20-3/h5-7,11,15-16H,4,8-10H2,1-3H3. The molecule has 0 saturated carbocycles. The van der Waals surface area contributed by atoms with Crippen LogP contribution in [0.2, 0.25) is 0 Å². The number of rotatable bonds is 9. The largest absolute Gasteiger partial charge is 0.385 e. The van der Waals surface area contributed by atoms with E-state index in [0.717, 1.165) is 12.8 Å². The lowest BCUT2D eigenvalue weighted by atomic mass is 10.2. The van der Waals surface area contributed by atoms with Crippen molar-refractivity contribution in [3.8, 4) is 0 Å². The van der Waals surface area contributed by atoms with Gasteiger partial charge in [0.1, 0.15) is 11.4 Å². The van der Waals surface area contributed by atoms with Crippen LogP contribution in [0.1, 0.15) is 26.7 Å². The smallest absolute Gasteiger partial charge is 0.315 e. The van der Waals surface area contributed by atoms with Gasteiger partial charge in [-0.05, 0) is 31.9 Å². The Morgan fingerprint density at radius 3 is 2.70 bits per heavy atom. The second-order valence-electron chi connectivity index (χ2n) is 4.71. The molecule has 0 radical (unpaired) electrons. The quantitative estimate of drug-likeness (QED) is 0.536. The summed E-state index contributed by atoms with van der Waals surface area (Å²) in [5.74, 6) is 0. The Hall–Kier alpha value is -1.82. The summed E-state index contributed by atoms with van der Waals surface area (Å²) in [5.41, 5.74) is 1.20. The van der Waals surface area contributed by atoms with E-state index in [4.69, 9.17) is 4.74 Å². The zero-order valence-electron chi connectivity index (χ0n) is 12.3. The van der Waals surface area contributed by atoms with Gasteiger partial charge in [-0.25, -0.2) is 0 Å². The first-order valence-corrected chi connectivity index (χ1v) is 6.86. The highest BCUT2D eigenvalue weighted by Gasteiger charge is 2.20. The van der Waals surface area contributed by atoms with Crippen LogP contribution < -0.4 is 10.6 Å². The van der Waals surface area contributed by atoms with Crippen molar-refractivity contribution < 1.29 is 9.66 Å².